The van der Waals surface area contributed by atoms with Crippen LogP contribution < -0.4 is 5.32 Å². The predicted octanol–water partition coefficient (Wildman–Crippen LogP) is 2.85. The molecule has 2 aromatic rings. The van der Waals surface area contributed by atoms with Crippen LogP contribution in [0.2, 0.25) is 0 Å². The van der Waals surface area contributed by atoms with Gasteiger partial charge in [0.1, 0.15) is 0 Å². The van der Waals surface area contributed by atoms with Crippen molar-refractivity contribution >= 4 is 10.9 Å². The maximum Gasteiger partial charge on any atom is 0.0481 e. The molecule has 0 bridgehead atoms. The lowest BCUT2D eigenvalue weighted by Gasteiger charge is -2.08. The lowest BCUT2D eigenvalue weighted by atomic mass is 10.0. The van der Waals surface area contributed by atoms with E-state index in [1.54, 1.807) is 0 Å². The molecule has 2 nitrogen and oxygen atoms in total. The Morgan fingerprint density at radius 2 is 2.12 bits per heavy atom. The van der Waals surface area contributed by atoms with Crippen LogP contribution in [0.3, 0.4) is 0 Å². The zero-order valence-corrected chi connectivity index (χ0v) is 9.90. The first-order valence-electron chi connectivity index (χ1n) is 6.03. The highest BCUT2D eigenvalue weighted by Gasteiger charge is 2.24. The third kappa shape index (κ3) is 1.45. The van der Waals surface area contributed by atoms with E-state index in [-0.39, 0.29) is 0 Å². The second-order valence-electron chi connectivity index (χ2n) is 5.01. The summed E-state index contributed by atoms with van der Waals surface area (Å²) in [6.07, 6.45) is 3.54. The lowest BCUT2D eigenvalue weighted by Crippen LogP contribution is -2.12. The molecule has 1 aliphatic heterocycles. The van der Waals surface area contributed by atoms with Gasteiger partial charge in [-0.3, -0.25) is 0 Å². The Morgan fingerprint density at radius 1 is 1.31 bits per heavy atom. The maximum absolute atomic E-state index is 3.61. The number of hydrogen-bond donors (Lipinski definition) is 1. The molecule has 2 heteroatoms. The molecular weight excluding hydrogens is 196 g/mol. The standard InChI is InChI=1S/C14H18N2/c1-10-7-13(15-8-10)12-9-16(2)14-6-4-3-5-11(12)14/h3-6,9-10,13,15H,7-8H2,1-2H3/t10-,13-/m0/s1. The molecular formula is C14H18N2. The molecule has 1 aromatic carbocycles. The summed E-state index contributed by atoms with van der Waals surface area (Å²) in [5.41, 5.74) is 2.79. The van der Waals surface area contributed by atoms with Gasteiger partial charge in [-0.2, -0.15) is 0 Å². The van der Waals surface area contributed by atoms with E-state index in [1.165, 1.54) is 22.9 Å². The number of benzene rings is 1. The van der Waals surface area contributed by atoms with Gasteiger partial charge in [0.05, 0.1) is 0 Å². The highest BCUT2D eigenvalue weighted by atomic mass is 15.0. The maximum atomic E-state index is 3.61. The molecule has 1 fully saturated rings. The monoisotopic (exact) mass is 214 g/mol. The van der Waals surface area contributed by atoms with Crippen LogP contribution in [0.15, 0.2) is 30.5 Å². The van der Waals surface area contributed by atoms with Gasteiger partial charge in [0, 0.05) is 30.2 Å². The first kappa shape index (κ1) is 9.91. The molecule has 0 unspecified atom stereocenters. The summed E-state index contributed by atoms with van der Waals surface area (Å²) in [5, 5.41) is 5.01. The number of aryl methyl sites for hydroxylation is 1. The van der Waals surface area contributed by atoms with Gasteiger partial charge < -0.3 is 9.88 Å². The van der Waals surface area contributed by atoms with Crippen LogP contribution in [0.4, 0.5) is 0 Å². The third-order valence-corrected chi connectivity index (χ3v) is 3.65. The highest BCUT2D eigenvalue weighted by molar-refractivity contribution is 5.84. The Labute approximate surface area is 96.3 Å². The van der Waals surface area contributed by atoms with Gasteiger partial charge in [-0.05, 0) is 30.5 Å². The van der Waals surface area contributed by atoms with Crippen LogP contribution in [-0.2, 0) is 7.05 Å². The van der Waals surface area contributed by atoms with Gasteiger partial charge in [-0.15, -0.1) is 0 Å². The van der Waals surface area contributed by atoms with Crippen molar-refractivity contribution in [1.82, 2.24) is 9.88 Å². The molecule has 1 saturated heterocycles. The summed E-state index contributed by atoms with van der Waals surface area (Å²) >= 11 is 0. The number of nitrogens with zero attached hydrogens (tertiary/aromatic N) is 1. The fraction of sp³-hybridized carbons (Fsp3) is 0.429. The molecule has 0 saturated carbocycles. The molecule has 2 heterocycles. The number of rotatable bonds is 1. The Kier molecular flexibility index (Phi) is 2.25. The van der Waals surface area contributed by atoms with Crippen molar-refractivity contribution in [1.29, 1.82) is 0 Å². The van der Waals surface area contributed by atoms with Gasteiger partial charge in [0.25, 0.3) is 0 Å². The van der Waals surface area contributed by atoms with Crippen LogP contribution in [0, 0.1) is 5.92 Å². The molecule has 0 radical (unpaired) electrons. The summed E-state index contributed by atoms with van der Waals surface area (Å²) < 4.78 is 2.23. The lowest BCUT2D eigenvalue weighted by molar-refractivity contribution is 0.613. The van der Waals surface area contributed by atoms with Crippen molar-refractivity contribution in [3.8, 4) is 0 Å². The molecule has 0 aliphatic carbocycles. The van der Waals surface area contributed by atoms with E-state index in [9.17, 15) is 0 Å². The molecule has 3 rings (SSSR count). The van der Waals surface area contributed by atoms with Crippen LogP contribution in [0.5, 0.6) is 0 Å². The second kappa shape index (κ2) is 3.63. The highest BCUT2D eigenvalue weighted by Crippen LogP contribution is 2.32. The van der Waals surface area contributed by atoms with Crippen molar-refractivity contribution in [3.05, 3.63) is 36.0 Å². The summed E-state index contributed by atoms with van der Waals surface area (Å²) in [6.45, 7) is 3.46. The number of hydrogen-bond acceptors (Lipinski definition) is 1. The normalized spacial score (nSPS) is 25.4. The van der Waals surface area contributed by atoms with Crippen molar-refractivity contribution < 1.29 is 0 Å². The van der Waals surface area contributed by atoms with E-state index in [0.717, 1.165) is 12.5 Å². The molecule has 0 spiro atoms. The SMILES string of the molecule is C[C@@H]1CN[C@H](c2cn(C)c3ccccc23)C1. The Bertz CT molecular complexity index is 512. The molecule has 16 heavy (non-hydrogen) atoms. The second-order valence-corrected chi connectivity index (χ2v) is 5.01. The Morgan fingerprint density at radius 3 is 2.88 bits per heavy atom. The van der Waals surface area contributed by atoms with Crippen LogP contribution >= 0.6 is 0 Å². The van der Waals surface area contributed by atoms with E-state index >= 15 is 0 Å². The van der Waals surface area contributed by atoms with E-state index < -0.39 is 0 Å². The minimum absolute atomic E-state index is 0.543. The molecule has 2 atom stereocenters. The fourth-order valence-electron chi connectivity index (χ4n) is 2.80. The average molecular weight is 214 g/mol. The number of fused-ring (bicyclic) bond motifs is 1. The van der Waals surface area contributed by atoms with Crippen LogP contribution in [0.25, 0.3) is 10.9 Å². The zero-order chi connectivity index (χ0) is 11.1. The van der Waals surface area contributed by atoms with Crippen molar-refractivity contribution in [2.75, 3.05) is 6.54 Å². The van der Waals surface area contributed by atoms with Crippen molar-refractivity contribution in [2.24, 2.45) is 13.0 Å². The summed E-state index contributed by atoms with van der Waals surface area (Å²) in [6, 6.07) is 9.20. The van der Waals surface area contributed by atoms with Crippen LogP contribution in [0.1, 0.15) is 24.9 Å². The summed E-state index contributed by atoms with van der Waals surface area (Å²) in [5.74, 6) is 0.795. The molecule has 0 amide bonds. The summed E-state index contributed by atoms with van der Waals surface area (Å²) in [4.78, 5) is 0. The molecule has 1 N–H and O–H groups in total. The van der Waals surface area contributed by atoms with E-state index in [4.69, 9.17) is 0 Å². The largest absolute Gasteiger partial charge is 0.350 e. The van der Waals surface area contributed by atoms with E-state index in [0.29, 0.717) is 6.04 Å². The molecule has 1 aliphatic rings. The Balaban J connectivity index is 2.10. The topological polar surface area (TPSA) is 17.0 Å². The number of aromatic nitrogens is 1. The van der Waals surface area contributed by atoms with Gasteiger partial charge >= 0.3 is 0 Å². The summed E-state index contributed by atoms with van der Waals surface area (Å²) in [7, 11) is 2.13. The van der Waals surface area contributed by atoms with Gasteiger partial charge in [0.2, 0.25) is 0 Å². The first-order valence-corrected chi connectivity index (χ1v) is 6.03. The average Bonchev–Trinajstić information content (AvgIpc) is 2.84. The van der Waals surface area contributed by atoms with Crippen LogP contribution in [-0.4, -0.2) is 11.1 Å². The minimum atomic E-state index is 0.543. The van der Waals surface area contributed by atoms with E-state index in [2.05, 4.69) is 54.3 Å². The van der Waals surface area contributed by atoms with Gasteiger partial charge in [0.15, 0.2) is 0 Å². The van der Waals surface area contributed by atoms with Gasteiger partial charge in [-0.1, -0.05) is 25.1 Å². The fourth-order valence-corrected chi connectivity index (χ4v) is 2.80. The Hall–Kier alpha value is -1.28. The predicted molar refractivity (Wildman–Crippen MR) is 67.4 cm³/mol. The smallest absolute Gasteiger partial charge is 0.0481 e. The number of para-hydroxylation sites is 1. The quantitative estimate of drug-likeness (QED) is 0.772. The van der Waals surface area contributed by atoms with E-state index in [1.807, 2.05) is 0 Å². The molecule has 84 valence electrons. The minimum Gasteiger partial charge on any atom is -0.350 e. The van der Waals surface area contributed by atoms with Gasteiger partial charge in [-0.25, -0.2) is 0 Å². The zero-order valence-electron chi connectivity index (χ0n) is 9.90. The van der Waals surface area contributed by atoms with Crippen molar-refractivity contribution in [3.63, 3.8) is 0 Å². The first-order chi connectivity index (χ1) is 7.75. The third-order valence-electron chi connectivity index (χ3n) is 3.65. The van der Waals surface area contributed by atoms with Crippen molar-refractivity contribution in [2.45, 2.75) is 19.4 Å². The molecule has 1 aromatic heterocycles. The number of nitrogens with one attached hydrogen (secondary N) is 1.